The zero-order valence-corrected chi connectivity index (χ0v) is 11.0. The van der Waals surface area contributed by atoms with E-state index in [1.165, 1.54) is 19.3 Å². The van der Waals surface area contributed by atoms with Crippen LogP contribution < -0.4 is 4.90 Å². The molecule has 0 radical (unpaired) electrons. The average Bonchev–Trinajstić information content (AvgIpc) is 2.75. The molecule has 0 saturated carbocycles. The number of benzene rings is 1. The van der Waals surface area contributed by atoms with Crippen molar-refractivity contribution in [3.8, 4) is 0 Å². The highest BCUT2D eigenvalue weighted by Crippen LogP contribution is 2.35. The Balaban J connectivity index is 2.55. The molecule has 0 fully saturated rings. The molecule has 106 valence electrons. The quantitative estimate of drug-likeness (QED) is 0.811. The van der Waals surface area contributed by atoms with Gasteiger partial charge in [0.25, 0.3) is 6.43 Å². The van der Waals surface area contributed by atoms with E-state index in [9.17, 15) is 18.0 Å². The van der Waals surface area contributed by atoms with Gasteiger partial charge in [0.15, 0.2) is 5.69 Å². The summed E-state index contributed by atoms with van der Waals surface area (Å²) in [6.07, 6.45) is -1.27. The number of anilines is 2. The number of hydrogen-bond acceptors (Lipinski definition) is 2. The van der Waals surface area contributed by atoms with Crippen molar-refractivity contribution in [1.29, 1.82) is 0 Å². The van der Waals surface area contributed by atoms with Gasteiger partial charge < -0.3 is 0 Å². The maximum atomic E-state index is 13.0. The number of carbonyl (C=O) groups is 1. The number of alkyl halides is 2. The van der Waals surface area contributed by atoms with Crippen LogP contribution in [0.2, 0.25) is 5.02 Å². The van der Waals surface area contributed by atoms with Gasteiger partial charge in [0, 0.05) is 13.2 Å². The molecule has 0 saturated heterocycles. The van der Waals surface area contributed by atoms with Crippen LogP contribution in [-0.4, -0.2) is 16.2 Å². The van der Waals surface area contributed by atoms with Gasteiger partial charge in [-0.3, -0.25) is 14.4 Å². The molecule has 1 aromatic heterocycles. The standard InChI is InChI=1S/C12H9ClF3N3O/c1-18-5-10(11(17-18)12(15)16)19(6-20)9-3-2-7(14)4-8(9)13/h2-6,12H,1H3. The number of aryl methyl sites for hydroxylation is 1. The first kappa shape index (κ1) is 14.4. The molecule has 0 bridgehead atoms. The molecule has 0 aliphatic carbocycles. The molecule has 1 heterocycles. The highest BCUT2D eigenvalue weighted by atomic mass is 35.5. The number of aromatic nitrogens is 2. The molecular formula is C12H9ClF3N3O. The van der Waals surface area contributed by atoms with Crippen molar-refractivity contribution in [2.24, 2.45) is 7.05 Å². The van der Waals surface area contributed by atoms with Gasteiger partial charge in [-0.25, -0.2) is 13.2 Å². The Hall–Kier alpha value is -2.02. The molecule has 0 spiro atoms. The number of hydrogen-bond donors (Lipinski definition) is 0. The highest BCUT2D eigenvalue weighted by molar-refractivity contribution is 6.33. The van der Waals surface area contributed by atoms with E-state index in [0.29, 0.717) is 6.41 Å². The lowest BCUT2D eigenvalue weighted by Gasteiger charge is -2.18. The van der Waals surface area contributed by atoms with E-state index in [-0.39, 0.29) is 16.4 Å². The SMILES string of the molecule is Cn1cc(N(C=O)c2ccc(F)cc2Cl)c(C(F)F)n1. The zero-order valence-electron chi connectivity index (χ0n) is 10.2. The van der Waals surface area contributed by atoms with Crippen molar-refractivity contribution in [1.82, 2.24) is 9.78 Å². The third-order valence-corrected chi connectivity index (χ3v) is 2.88. The van der Waals surface area contributed by atoms with Crippen LogP contribution in [0.3, 0.4) is 0 Å². The lowest BCUT2D eigenvalue weighted by Crippen LogP contribution is -2.15. The molecule has 0 aliphatic rings. The van der Waals surface area contributed by atoms with Gasteiger partial charge in [-0.05, 0) is 18.2 Å². The molecule has 2 rings (SSSR count). The van der Waals surface area contributed by atoms with Gasteiger partial charge in [-0.1, -0.05) is 11.6 Å². The van der Waals surface area contributed by atoms with Crippen molar-refractivity contribution in [2.45, 2.75) is 6.43 Å². The number of carbonyl (C=O) groups excluding carboxylic acids is 1. The predicted octanol–water partition coefficient (Wildman–Crippen LogP) is 3.44. The minimum atomic E-state index is -2.85. The first-order valence-corrected chi connectivity index (χ1v) is 5.83. The Morgan fingerprint density at radius 3 is 2.65 bits per heavy atom. The summed E-state index contributed by atoms with van der Waals surface area (Å²) in [5.41, 5.74) is -0.566. The largest absolute Gasteiger partial charge is 0.284 e. The zero-order chi connectivity index (χ0) is 14.9. The average molecular weight is 304 g/mol. The minimum absolute atomic E-state index is 0.0684. The second-order valence-electron chi connectivity index (χ2n) is 3.95. The van der Waals surface area contributed by atoms with Gasteiger partial charge in [0.05, 0.1) is 16.4 Å². The van der Waals surface area contributed by atoms with E-state index >= 15 is 0 Å². The Labute approximate surface area is 117 Å². The highest BCUT2D eigenvalue weighted by Gasteiger charge is 2.24. The van der Waals surface area contributed by atoms with Crippen molar-refractivity contribution < 1.29 is 18.0 Å². The van der Waals surface area contributed by atoms with Crippen LogP contribution in [0.25, 0.3) is 0 Å². The maximum absolute atomic E-state index is 13.0. The van der Waals surface area contributed by atoms with Crippen molar-refractivity contribution >= 4 is 29.4 Å². The number of rotatable bonds is 4. The van der Waals surface area contributed by atoms with Crippen molar-refractivity contribution in [3.63, 3.8) is 0 Å². The summed E-state index contributed by atoms with van der Waals surface area (Å²) in [5, 5.41) is 3.53. The summed E-state index contributed by atoms with van der Waals surface area (Å²) >= 11 is 5.84. The summed E-state index contributed by atoms with van der Waals surface area (Å²) in [6.45, 7) is 0. The first-order chi connectivity index (χ1) is 9.43. The molecule has 4 nitrogen and oxygen atoms in total. The Morgan fingerprint density at radius 2 is 2.10 bits per heavy atom. The molecule has 0 unspecified atom stereocenters. The molecule has 8 heteroatoms. The predicted molar refractivity (Wildman–Crippen MR) is 67.8 cm³/mol. The first-order valence-electron chi connectivity index (χ1n) is 5.45. The number of halogens is 4. The second kappa shape index (κ2) is 5.54. The normalized spacial score (nSPS) is 10.9. The van der Waals surface area contributed by atoms with Crippen LogP contribution in [0, 0.1) is 5.82 Å². The third-order valence-electron chi connectivity index (χ3n) is 2.58. The van der Waals surface area contributed by atoms with E-state index in [1.54, 1.807) is 0 Å². The molecular weight excluding hydrogens is 295 g/mol. The van der Waals surface area contributed by atoms with Crippen molar-refractivity contribution in [2.75, 3.05) is 4.90 Å². The smallest absolute Gasteiger partial charge is 0.278 e. The summed E-state index contributed by atoms with van der Waals surface area (Å²) in [4.78, 5) is 12.1. The maximum Gasteiger partial charge on any atom is 0.284 e. The summed E-state index contributed by atoms with van der Waals surface area (Å²) < 4.78 is 40.0. The molecule has 0 N–H and O–H groups in total. The van der Waals surface area contributed by atoms with E-state index in [4.69, 9.17) is 11.6 Å². The fourth-order valence-corrected chi connectivity index (χ4v) is 2.01. The fraction of sp³-hybridized carbons (Fsp3) is 0.167. The lowest BCUT2D eigenvalue weighted by atomic mass is 10.2. The van der Waals surface area contributed by atoms with Gasteiger partial charge in [-0.2, -0.15) is 5.10 Å². The second-order valence-corrected chi connectivity index (χ2v) is 4.35. The van der Waals surface area contributed by atoms with Gasteiger partial charge in [0.2, 0.25) is 6.41 Å². The van der Waals surface area contributed by atoms with Crippen LogP contribution in [0.5, 0.6) is 0 Å². The Kier molecular flexibility index (Phi) is 3.99. The summed E-state index contributed by atoms with van der Waals surface area (Å²) in [6, 6.07) is 3.30. The van der Waals surface area contributed by atoms with Crippen LogP contribution in [0.15, 0.2) is 24.4 Å². The van der Waals surface area contributed by atoms with E-state index in [2.05, 4.69) is 5.10 Å². The molecule has 2 aromatic rings. The summed E-state index contributed by atoms with van der Waals surface area (Å²) in [7, 11) is 1.45. The molecule has 1 amide bonds. The van der Waals surface area contributed by atoms with Gasteiger partial charge in [0.1, 0.15) is 5.82 Å². The lowest BCUT2D eigenvalue weighted by molar-refractivity contribution is -0.106. The van der Waals surface area contributed by atoms with Crippen LogP contribution in [0.4, 0.5) is 24.5 Å². The van der Waals surface area contributed by atoms with Crippen LogP contribution in [0.1, 0.15) is 12.1 Å². The summed E-state index contributed by atoms with van der Waals surface area (Å²) in [5.74, 6) is -0.593. The topological polar surface area (TPSA) is 38.1 Å². The van der Waals surface area contributed by atoms with Crippen molar-refractivity contribution in [3.05, 3.63) is 40.9 Å². The van der Waals surface area contributed by atoms with Gasteiger partial charge >= 0.3 is 0 Å². The van der Waals surface area contributed by atoms with Crippen LogP contribution >= 0.6 is 11.6 Å². The van der Waals surface area contributed by atoms with Gasteiger partial charge in [-0.15, -0.1) is 0 Å². The molecule has 20 heavy (non-hydrogen) atoms. The fourth-order valence-electron chi connectivity index (χ4n) is 1.75. The Morgan fingerprint density at radius 1 is 1.40 bits per heavy atom. The minimum Gasteiger partial charge on any atom is -0.278 e. The van der Waals surface area contributed by atoms with E-state index < -0.39 is 17.9 Å². The van der Waals surface area contributed by atoms with Crippen LogP contribution in [-0.2, 0) is 11.8 Å². The molecule has 0 atom stereocenters. The third kappa shape index (κ3) is 2.62. The molecule has 1 aromatic carbocycles. The van der Waals surface area contributed by atoms with E-state index in [0.717, 1.165) is 21.7 Å². The number of nitrogens with zero attached hydrogens (tertiary/aromatic N) is 3. The monoisotopic (exact) mass is 303 g/mol. The Bertz CT molecular complexity index is 645. The number of amides is 1. The molecule has 0 aliphatic heterocycles. The van der Waals surface area contributed by atoms with E-state index in [1.807, 2.05) is 0 Å².